The fraction of sp³-hybridized carbons (Fsp3) is 0.400. The van der Waals surface area contributed by atoms with Gasteiger partial charge >= 0.3 is 18.2 Å². The van der Waals surface area contributed by atoms with Gasteiger partial charge in [-0.2, -0.15) is 13.2 Å². The second-order valence-corrected chi connectivity index (χ2v) is 5.31. The van der Waals surface area contributed by atoms with E-state index in [0.29, 0.717) is 12.6 Å². The van der Waals surface area contributed by atoms with Gasteiger partial charge in [0.15, 0.2) is 6.61 Å². The molecule has 0 fully saturated rings. The van der Waals surface area contributed by atoms with E-state index in [1.54, 1.807) is 0 Å². The molecule has 2 N–H and O–H groups in total. The number of urea groups is 1. The molecule has 6 nitrogen and oxygen atoms in total. The van der Waals surface area contributed by atoms with Crippen LogP contribution in [0.1, 0.15) is 29.8 Å². The van der Waals surface area contributed by atoms with Crippen molar-refractivity contribution in [1.29, 1.82) is 0 Å². The van der Waals surface area contributed by atoms with E-state index in [1.165, 1.54) is 0 Å². The van der Waals surface area contributed by atoms with Gasteiger partial charge in [-0.25, -0.2) is 9.59 Å². The Balaban J connectivity index is 2.51. The van der Waals surface area contributed by atoms with Crippen molar-refractivity contribution in [3.05, 3.63) is 35.4 Å². The maximum absolute atomic E-state index is 12.6. The number of hydrogen-bond acceptors (Lipinski definition) is 4. The first-order chi connectivity index (χ1) is 11.1. The van der Waals surface area contributed by atoms with Crippen LogP contribution in [0.4, 0.5) is 18.0 Å². The average molecular weight is 346 g/mol. The topological polar surface area (TPSA) is 84.5 Å². The zero-order chi connectivity index (χ0) is 18.3. The Bertz CT molecular complexity index is 615. The first kappa shape index (κ1) is 19.5. The summed E-state index contributed by atoms with van der Waals surface area (Å²) < 4.78 is 42.3. The molecule has 0 bridgehead atoms. The molecule has 1 rings (SSSR count). The summed E-state index contributed by atoms with van der Waals surface area (Å²) >= 11 is 0. The Morgan fingerprint density at radius 1 is 1.21 bits per heavy atom. The molecule has 0 radical (unpaired) electrons. The molecular weight excluding hydrogens is 329 g/mol. The molecular formula is C15H17F3N2O4. The van der Waals surface area contributed by atoms with Crippen molar-refractivity contribution in [2.75, 3.05) is 13.2 Å². The van der Waals surface area contributed by atoms with Crippen LogP contribution in [-0.4, -0.2) is 31.1 Å². The van der Waals surface area contributed by atoms with Crippen LogP contribution in [0.3, 0.4) is 0 Å². The predicted molar refractivity (Wildman–Crippen MR) is 78.1 cm³/mol. The number of carbonyl (C=O) groups excluding carboxylic acids is 3. The lowest BCUT2D eigenvalue weighted by atomic mass is 10.1. The van der Waals surface area contributed by atoms with Gasteiger partial charge in [0, 0.05) is 6.54 Å². The maximum atomic E-state index is 12.6. The number of ether oxygens (including phenoxy) is 1. The molecule has 0 aliphatic rings. The molecule has 0 aliphatic heterocycles. The molecule has 0 unspecified atom stereocenters. The largest absolute Gasteiger partial charge is 0.452 e. The van der Waals surface area contributed by atoms with E-state index in [-0.39, 0.29) is 11.5 Å². The van der Waals surface area contributed by atoms with Crippen LogP contribution in [0, 0.1) is 5.92 Å². The van der Waals surface area contributed by atoms with Crippen molar-refractivity contribution < 1.29 is 32.3 Å². The van der Waals surface area contributed by atoms with E-state index < -0.39 is 36.3 Å². The number of benzene rings is 1. The summed E-state index contributed by atoms with van der Waals surface area (Å²) in [5.41, 5.74) is -1.35. The average Bonchev–Trinajstić information content (AvgIpc) is 2.50. The van der Waals surface area contributed by atoms with Crippen LogP contribution in [0.5, 0.6) is 0 Å². The molecule has 0 aromatic heterocycles. The van der Waals surface area contributed by atoms with Gasteiger partial charge in [0.25, 0.3) is 5.91 Å². The van der Waals surface area contributed by atoms with Gasteiger partial charge in [0.1, 0.15) is 0 Å². The fourth-order valence-electron chi connectivity index (χ4n) is 1.54. The Hall–Kier alpha value is -2.58. The molecule has 0 heterocycles. The minimum Gasteiger partial charge on any atom is -0.452 e. The zero-order valence-corrected chi connectivity index (χ0v) is 13.1. The van der Waals surface area contributed by atoms with Crippen molar-refractivity contribution in [2.24, 2.45) is 5.92 Å². The lowest BCUT2D eigenvalue weighted by Gasteiger charge is -2.10. The smallest absolute Gasteiger partial charge is 0.416 e. The highest BCUT2D eigenvalue weighted by atomic mass is 19.4. The Morgan fingerprint density at radius 2 is 1.88 bits per heavy atom. The standard InChI is InChI=1S/C15H17F3N2O4/c1-9(2)7-19-14(23)20-12(21)8-24-13(22)10-4-3-5-11(6-10)15(16,17)18/h3-6,9H,7-8H2,1-2H3,(H2,19,20,21,23). The number of imide groups is 1. The predicted octanol–water partition coefficient (Wildman–Crippen LogP) is 2.34. The molecule has 9 heteroatoms. The van der Waals surface area contributed by atoms with Gasteiger partial charge in [-0.15, -0.1) is 0 Å². The van der Waals surface area contributed by atoms with Crippen LogP contribution in [0.15, 0.2) is 24.3 Å². The van der Waals surface area contributed by atoms with Crippen molar-refractivity contribution >= 4 is 17.9 Å². The molecule has 1 aromatic carbocycles. The second kappa shape index (κ2) is 8.32. The van der Waals surface area contributed by atoms with E-state index in [9.17, 15) is 27.6 Å². The third kappa shape index (κ3) is 6.67. The summed E-state index contributed by atoms with van der Waals surface area (Å²) in [6, 6.07) is 2.87. The van der Waals surface area contributed by atoms with Crippen molar-refractivity contribution in [3.63, 3.8) is 0 Å². The summed E-state index contributed by atoms with van der Waals surface area (Å²) in [5.74, 6) is -1.81. The Morgan fingerprint density at radius 3 is 2.46 bits per heavy atom. The van der Waals surface area contributed by atoms with Crippen LogP contribution in [0.2, 0.25) is 0 Å². The molecule has 0 saturated heterocycles. The first-order valence-electron chi connectivity index (χ1n) is 7.01. The summed E-state index contributed by atoms with van der Waals surface area (Å²) in [4.78, 5) is 34.4. The second-order valence-electron chi connectivity index (χ2n) is 5.31. The van der Waals surface area contributed by atoms with Crippen molar-refractivity contribution in [1.82, 2.24) is 10.6 Å². The van der Waals surface area contributed by atoms with Crippen LogP contribution >= 0.6 is 0 Å². The van der Waals surface area contributed by atoms with Gasteiger partial charge in [-0.1, -0.05) is 19.9 Å². The third-order valence-corrected chi connectivity index (χ3v) is 2.68. The summed E-state index contributed by atoms with van der Waals surface area (Å²) in [6.45, 7) is 3.28. The quantitative estimate of drug-likeness (QED) is 0.802. The maximum Gasteiger partial charge on any atom is 0.416 e. The number of rotatable bonds is 5. The minimum absolute atomic E-state index is 0.185. The zero-order valence-electron chi connectivity index (χ0n) is 13.1. The van der Waals surface area contributed by atoms with Crippen LogP contribution in [-0.2, 0) is 15.7 Å². The van der Waals surface area contributed by atoms with Gasteiger partial charge in [-0.3, -0.25) is 10.1 Å². The van der Waals surface area contributed by atoms with Gasteiger partial charge < -0.3 is 10.1 Å². The summed E-state index contributed by atoms with van der Waals surface area (Å²) in [6.07, 6.45) is -4.60. The van der Waals surface area contributed by atoms with E-state index >= 15 is 0 Å². The Labute approximate surface area is 136 Å². The Kier molecular flexibility index (Phi) is 6.75. The number of nitrogens with one attached hydrogen (secondary N) is 2. The number of alkyl halides is 3. The van der Waals surface area contributed by atoms with Crippen LogP contribution in [0.25, 0.3) is 0 Å². The highest BCUT2D eigenvalue weighted by Gasteiger charge is 2.31. The highest BCUT2D eigenvalue weighted by molar-refractivity contribution is 5.97. The summed E-state index contributed by atoms with van der Waals surface area (Å²) in [5, 5.41) is 4.35. The molecule has 0 atom stereocenters. The lowest BCUT2D eigenvalue weighted by molar-refractivity contribution is -0.137. The number of carbonyl (C=O) groups is 3. The number of hydrogen-bond donors (Lipinski definition) is 2. The molecule has 0 spiro atoms. The van der Waals surface area contributed by atoms with Crippen molar-refractivity contribution in [2.45, 2.75) is 20.0 Å². The monoisotopic (exact) mass is 346 g/mol. The van der Waals surface area contributed by atoms with Crippen LogP contribution < -0.4 is 10.6 Å². The number of esters is 1. The van der Waals surface area contributed by atoms with Crippen molar-refractivity contribution in [3.8, 4) is 0 Å². The van der Waals surface area contributed by atoms with Gasteiger partial charge in [-0.05, 0) is 24.1 Å². The summed E-state index contributed by atoms with van der Waals surface area (Å²) in [7, 11) is 0. The minimum atomic E-state index is -4.60. The number of halogens is 3. The first-order valence-corrected chi connectivity index (χ1v) is 7.01. The van der Waals surface area contributed by atoms with Gasteiger partial charge in [0.2, 0.25) is 0 Å². The molecule has 0 saturated carbocycles. The van der Waals surface area contributed by atoms with E-state index in [0.717, 1.165) is 18.2 Å². The third-order valence-electron chi connectivity index (χ3n) is 2.68. The lowest BCUT2D eigenvalue weighted by Crippen LogP contribution is -2.42. The van der Waals surface area contributed by atoms with E-state index in [2.05, 4.69) is 10.1 Å². The van der Waals surface area contributed by atoms with E-state index in [1.807, 2.05) is 19.2 Å². The number of amides is 3. The SMILES string of the molecule is CC(C)CNC(=O)NC(=O)COC(=O)c1cccc(C(F)(F)F)c1. The molecule has 1 aromatic rings. The fourth-order valence-corrected chi connectivity index (χ4v) is 1.54. The molecule has 0 aliphatic carbocycles. The molecule has 24 heavy (non-hydrogen) atoms. The van der Waals surface area contributed by atoms with Gasteiger partial charge in [0.05, 0.1) is 11.1 Å². The highest BCUT2D eigenvalue weighted by Crippen LogP contribution is 2.29. The molecule has 3 amide bonds. The normalized spacial score (nSPS) is 11.1. The molecule has 132 valence electrons. The van der Waals surface area contributed by atoms with E-state index in [4.69, 9.17) is 0 Å².